The van der Waals surface area contributed by atoms with Crippen LogP contribution in [0.15, 0.2) is 24.3 Å². The van der Waals surface area contributed by atoms with Gasteiger partial charge in [-0.2, -0.15) is 0 Å². The molecule has 1 saturated heterocycles. The van der Waals surface area contributed by atoms with Crippen molar-refractivity contribution >= 4 is 17.6 Å². The molecule has 10 nitrogen and oxygen atoms in total. The van der Waals surface area contributed by atoms with Gasteiger partial charge in [-0.15, -0.1) is 0 Å². The number of fused-ring (bicyclic) bond motifs is 2. The van der Waals surface area contributed by atoms with Crippen molar-refractivity contribution in [3.63, 3.8) is 0 Å². The van der Waals surface area contributed by atoms with E-state index in [2.05, 4.69) is 17.1 Å². The molecule has 1 heterocycles. The highest BCUT2D eigenvalue weighted by Crippen LogP contribution is 2.79. The maximum atomic E-state index is 14.0. The Morgan fingerprint density at radius 1 is 1.07 bits per heavy atom. The van der Waals surface area contributed by atoms with Gasteiger partial charge in [-0.05, 0) is 44.4 Å². The molecule has 0 unspecified atom stereocenters. The molecule has 1 spiro atoms. The van der Waals surface area contributed by atoms with Gasteiger partial charge in [0.1, 0.15) is 16.8 Å². The fraction of sp³-hybridized carbons (Fsp3) is 0.750. The van der Waals surface area contributed by atoms with E-state index in [9.17, 15) is 19.8 Å². The number of hydrogen-bond donors (Lipinski definition) is 3. The molecule has 0 radical (unpaired) electrons. The number of hydrogen-bond acceptors (Lipinski definition) is 9. The Hall–Kier alpha value is -2.08. The molecule has 12 atom stereocenters. The van der Waals surface area contributed by atoms with Crippen LogP contribution in [0.25, 0.3) is 0 Å². The summed E-state index contributed by atoms with van der Waals surface area (Å²) in [6.07, 6.45) is 1.91. The number of esters is 1. The molecule has 5 saturated carbocycles. The van der Waals surface area contributed by atoms with Crippen LogP contribution in [0.5, 0.6) is 0 Å². The molecule has 0 aromatic heterocycles. The standard InChI is InChI=1S/C32H44N2O8/c1-6-34-16-29(42-28(36)18-9-7-8-10-21(18)33-17(2)35)12-11-25(40-4)31-23(29)14-20(26(31)34)30(37)15-22(39-3)19-13-24(31)32(30,38)27(19)41-5/h7-10,19-20,22-27,37-38H,6,11-16H2,1-5H3,(H,33,35)/t19-,20-,22-,23+,24-,25-,26-,27+,29+,30+,31-,32-/m0/s1. The highest BCUT2D eigenvalue weighted by Gasteiger charge is 2.89. The predicted molar refractivity (Wildman–Crippen MR) is 152 cm³/mol. The van der Waals surface area contributed by atoms with Gasteiger partial charge < -0.3 is 34.5 Å². The fourth-order valence-electron chi connectivity index (χ4n) is 11.6. The summed E-state index contributed by atoms with van der Waals surface area (Å²) in [5.41, 5.74) is -3.57. The van der Waals surface area contributed by atoms with Gasteiger partial charge in [-0.1, -0.05) is 19.1 Å². The monoisotopic (exact) mass is 584 g/mol. The molecule has 3 N–H and O–H groups in total. The number of aliphatic hydroxyl groups is 2. The van der Waals surface area contributed by atoms with Gasteiger partial charge >= 0.3 is 5.97 Å². The Bertz CT molecular complexity index is 1290. The molecule has 1 amide bonds. The van der Waals surface area contributed by atoms with Crippen LogP contribution in [0.1, 0.15) is 56.3 Å². The lowest BCUT2D eigenvalue weighted by Crippen LogP contribution is -2.83. The molecule has 1 aliphatic heterocycles. The summed E-state index contributed by atoms with van der Waals surface area (Å²) < 4.78 is 25.1. The molecule has 6 fully saturated rings. The van der Waals surface area contributed by atoms with Crippen molar-refractivity contribution in [1.82, 2.24) is 4.90 Å². The number of piperidine rings is 1. The van der Waals surface area contributed by atoms with E-state index in [1.807, 2.05) is 0 Å². The van der Waals surface area contributed by atoms with E-state index in [1.54, 1.807) is 45.6 Å². The van der Waals surface area contributed by atoms with Gasteiger partial charge in [-0.3, -0.25) is 9.69 Å². The Morgan fingerprint density at radius 2 is 1.83 bits per heavy atom. The normalized spacial score (nSPS) is 48.2. The summed E-state index contributed by atoms with van der Waals surface area (Å²) in [6, 6.07) is 6.89. The second kappa shape index (κ2) is 9.46. The first-order chi connectivity index (χ1) is 20.1. The topological polar surface area (TPSA) is 127 Å². The summed E-state index contributed by atoms with van der Waals surface area (Å²) in [5, 5.41) is 28.4. The number of likely N-dealkylation sites (tertiary alicyclic amines) is 1. The first-order valence-electron chi connectivity index (χ1n) is 15.4. The summed E-state index contributed by atoms with van der Waals surface area (Å²) in [5.74, 6) is -1.54. The number of nitrogens with one attached hydrogen (secondary N) is 1. The first-order valence-corrected chi connectivity index (χ1v) is 15.4. The van der Waals surface area contributed by atoms with Crippen LogP contribution in [0, 0.1) is 29.1 Å². The van der Waals surface area contributed by atoms with E-state index in [-0.39, 0.29) is 47.8 Å². The summed E-state index contributed by atoms with van der Waals surface area (Å²) >= 11 is 0. The van der Waals surface area contributed by atoms with E-state index in [1.165, 1.54) is 6.92 Å². The number of amides is 1. The first kappa shape index (κ1) is 28.7. The second-order valence-corrected chi connectivity index (χ2v) is 13.7. The summed E-state index contributed by atoms with van der Waals surface area (Å²) in [6.45, 7) is 4.79. The zero-order valence-electron chi connectivity index (χ0n) is 25.2. The highest BCUT2D eigenvalue weighted by molar-refractivity contribution is 6.00. The number of benzene rings is 1. The average molecular weight is 585 g/mol. The number of likely N-dealkylation sites (N-methyl/N-ethyl adjacent to an activating group) is 1. The molecular weight excluding hydrogens is 540 g/mol. The molecule has 6 aliphatic rings. The van der Waals surface area contributed by atoms with Crippen molar-refractivity contribution in [2.24, 2.45) is 29.1 Å². The molecule has 42 heavy (non-hydrogen) atoms. The Kier molecular flexibility index (Phi) is 6.46. The quantitative estimate of drug-likeness (QED) is 0.414. The molecule has 5 aliphatic carbocycles. The molecular formula is C32H44N2O8. The predicted octanol–water partition coefficient (Wildman–Crippen LogP) is 2.22. The van der Waals surface area contributed by atoms with Gasteiger partial charge in [0.2, 0.25) is 5.91 Å². The minimum atomic E-state index is -1.48. The number of nitrogens with zero attached hydrogens (tertiary/aromatic N) is 1. The van der Waals surface area contributed by atoms with Crippen LogP contribution >= 0.6 is 0 Å². The van der Waals surface area contributed by atoms with E-state index in [4.69, 9.17) is 18.9 Å². The molecule has 7 bridgehead atoms. The smallest absolute Gasteiger partial charge is 0.340 e. The van der Waals surface area contributed by atoms with Crippen LogP contribution < -0.4 is 5.32 Å². The van der Waals surface area contributed by atoms with Crippen LogP contribution in [0.3, 0.4) is 0 Å². The number of carbonyl (C=O) groups is 2. The van der Waals surface area contributed by atoms with Crippen molar-refractivity contribution in [1.29, 1.82) is 0 Å². The number of rotatable bonds is 7. The lowest BCUT2D eigenvalue weighted by atomic mass is 9.44. The van der Waals surface area contributed by atoms with Crippen molar-refractivity contribution in [3.05, 3.63) is 29.8 Å². The van der Waals surface area contributed by atoms with Crippen molar-refractivity contribution in [2.75, 3.05) is 39.7 Å². The van der Waals surface area contributed by atoms with Crippen LogP contribution in [-0.4, -0.2) is 103 Å². The minimum absolute atomic E-state index is 0.0432. The molecule has 10 heteroatoms. The van der Waals surface area contributed by atoms with E-state index >= 15 is 0 Å². The minimum Gasteiger partial charge on any atom is -0.454 e. The maximum absolute atomic E-state index is 14.0. The summed E-state index contributed by atoms with van der Waals surface area (Å²) in [4.78, 5) is 28.3. The highest BCUT2D eigenvalue weighted by atomic mass is 16.6. The van der Waals surface area contributed by atoms with E-state index in [0.29, 0.717) is 56.4 Å². The van der Waals surface area contributed by atoms with Crippen LogP contribution in [-0.2, 0) is 23.7 Å². The maximum Gasteiger partial charge on any atom is 0.340 e. The molecule has 1 aromatic carbocycles. The van der Waals surface area contributed by atoms with Crippen molar-refractivity contribution < 1.29 is 38.7 Å². The molecule has 230 valence electrons. The lowest BCUT2D eigenvalue weighted by Gasteiger charge is -2.70. The third-order valence-electron chi connectivity index (χ3n) is 12.6. The largest absolute Gasteiger partial charge is 0.454 e. The third kappa shape index (κ3) is 3.21. The summed E-state index contributed by atoms with van der Waals surface area (Å²) in [7, 11) is 5.05. The van der Waals surface area contributed by atoms with E-state index < -0.39 is 34.3 Å². The van der Waals surface area contributed by atoms with Crippen molar-refractivity contribution in [3.8, 4) is 0 Å². The Labute approximate surface area is 247 Å². The second-order valence-electron chi connectivity index (χ2n) is 13.7. The Balaban J connectivity index is 1.38. The number of carbonyl (C=O) groups excluding carboxylic acids is 2. The van der Waals surface area contributed by atoms with Gasteiger partial charge in [0, 0.05) is 76.3 Å². The number of methoxy groups -OCH3 is 3. The number of ether oxygens (including phenoxy) is 4. The zero-order valence-corrected chi connectivity index (χ0v) is 25.2. The van der Waals surface area contributed by atoms with Crippen LogP contribution in [0.2, 0.25) is 0 Å². The fourth-order valence-corrected chi connectivity index (χ4v) is 11.6. The van der Waals surface area contributed by atoms with Crippen LogP contribution in [0.4, 0.5) is 5.69 Å². The Morgan fingerprint density at radius 3 is 2.50 bits per heavy atom. The lowest BCUT2D eigenvalue weighted by molar-refractivity contribution is -0.337. The van der Waals surface area contributed by atoms with Gasteiger partial charge in [0.25, 0.3) is 0 Å². The van der Waals surface area contributed by atoms with E-state index in [0.717, 1.165) is 0 Å². The number of anilines is 1. The van der Waals surface area contributed by atoms with Gasteiger partial charge in [0.15, 0.2) is 0 Å². The molecule has 1 aromatic rings. The van der Waals surface area contributed by atoms with Gasteiger partial charge in [-0.25, -0.2) is 4.79 Å². The SMILES string of the molecule is CCN1C[C@]2(OC(=O)c3ccccc3NC(C)=O)CC[C@H](OC)[C@]34[C@@H]1[C@H](C[C@H]23)[C@]1(O)C[C@H](OC)[C@@H]2C[C@@H]4[C@]1(O)[C@@H]2OC. The third-order valence-corrected chi connectivity index (χ3v) is 12.6. The molecule has 7 rings (SSSR count). The van der Waals surface area contributed by atoms with Crippen molar-refractivity contribution in [2.45, 2.75) is 87.1 Å². The average Bonchev–Trinajstić information content (AvgIpc) is 3.39. The zero-order chi connectivity index (χ0) is 29.8. The van der Waals surface area contributed by atoms with Gasteiger partial charge in [0.05, 0.1) is 29.6 Å². The number of para-hydroxylation sites is 1.